The van der Waals surface area contributed by atoms with Gasteiger partial charge in [0.15, 0.2) is 5.75 Å². The third kappa shape index (κ3) is 3.75. The normalized spacial score (nSPS) is 12.2. The first-order valence-electron chi connectivity index (χ1n) is 7.08. The van der Waals surface area contributed by atoms with Gasteiger partial charge in [0, 0.05) is 16.5 Å². The van der Waals surface area contributed by atoms with Crippen molar-refractivity contribution >= 4 is 24.2 Å². The molecular formula is C16H27BrO3Si. The van der Waals surface area contributed by atoms with Crippen LogP contribution in [0.15, 0.2) is 6.07 Å². The predicted octanol–water partition coefficient (Wildman–Crippen LogP) is 5.29. The molecule has 0 bridgehead atoms. The standard InChI is InChI=1S/C16H27BrO3Si/c1-11-14(18-5)12(10-17)9-13(15(11)19-6)20-21(7,8)16(2,3)4/h9H,10H2,1-8H3. The first-order valence-corrected chi connectivity index (χ1v) is 11.1. The first kappa shape index (κ1) is 18.4. The second-order valence-corrected chi connectivity index (χ2v) is 12.0. The summed E-state index contributed by atoms with van der Waals surface area (Å²) in [5, 5.41) is 0.856. The minimum Gasteiger partial charge on any atom is -0.541 e. The zero-order valence-electron chi connectivity index (χ0n) is 14.4. The number of rotatable bonds is 5. The van der Waals surface area contributed by atoms with Crippen molar-refractivity contribution in [3.8, 4) is 17.2 Å². The monoisotopic (exact) mass is 374 g/mol. The molecule has 0 aliphatic rings. The Morgan fingerprint density at radius 1 is 1.10 bits per heavy atom. The van der Waals surface area contributed by atoms with Crippen molar-refractivity contribution in [1.29, 1.82) is 0 Å². The molecule has 0 unspecified atom stereocenters. The third-order valence-corrected chi connectivity index (χ3v) is 9.17. The molecule has 0 radical (unpaired) electrons. The van der Waals surface area contributed by atoms with Crippen LogP contribution in [0.1, 0.15) is 31.9 Å². The van der Waals surface area contributed by atoms with E-state index in [2.05, 4.69) is 49.8 Å². The molecule has 1 rings (SSSR count). The Bertz CT molecular complexity index is 507. The Kier molecular flexibility index (Phi) is 5.78. The summed E-state index contributed by atoms with van der Waals surface area (Å²) in [5.41, 5.74) is 2.05. The zero-order chi connectivity index (χ0) is 16.4. The van der Waals surface area contributed by atoms with Gasteiger partial charge in [-0.2, -0.15) is 0 Å². The zero-order valence-corrected chi connectivity index (χ0v) is 17.0. The van der Waals surface area contributed by atoms with Crippen LogP contribution < -0.4 is 13.9 Å². The van der Waals surface area contributed by atoms with E-state index in [0.717, 1.165) is 33.7 Å². The van der Waals surface area contributed by atoms with Crippen molar-refractivity contribution in [3.05, 3.63) is 17.2 Å². The van der Waals surface area contributed by atoms with Gasteiger partial charge in [-0.25, -0.2) is 0 Å². The molecule has 0 amide bonds. The van der Waals surface area contributed by atoms with E-state index in [4.69, 9.17) is 13.9 Å². The van der Waals surface area contributed by atoms with Gasteiger partial charge in [-0.1, -0.05) is 36.7 Å². The van der Waals surface area contributed by atoms with Crippen LogP contribution in [0.5, 0.6) is 17.2 Å². The minimum absolute atomic E-state index is 0.139. The highest BCUT2D eigenvalue weighted by molar-refractivity contribution is 9.08. The second kappa shape index (κ2) is 6.61. The van der Waals surface area contributed by atoms with Gasteiger partial charge in [0.05, 0.1) is 14.2 Å². The van der Waals surface area contributed by atoms with E-state index >= 15 is 0 Å². The molecule has 0 aromatic heterocycles. The van der Waals surface area contributed by atoms with Gasteiger partial charge >= 0.3 is 0 Å². The number of alkyl halides is 1. The largest absolute Gasteiger partial charge is 0.541 e. The van der Waals surface area contributed by atoms with Crippen LogP contribution in [0.2, 0.25) is 18.1 Å². The minimum atomic E-state index is -1.92. The maximum atomic E-state index is 6.45. The summed E-state index contributed by atoms with van der Waals surface area (Å²) in [6.45, 7) is 13.2. The van der Waals surface area contributed by atoms with Crippen molar-refractivity contribution in [1.82, 2.24) is 0 Å². The predicted molar refractivity (Wildman–Crippen MR) is 94.7 cm³/mol. The maximum Gasteiger partial charge on any atom is 0.250 e. The molecule has 21 heavy (non-hydrogen) atoms. The molecule has 0 saturated heterocycles. The van der Waals surface area contributed by atoms with Gasteiger partial charge in [-0.05, 0) is 31.1 Å². The van der Waals surface area contributed by atoms with Gasteiger partial charge in [-0.15, -0.1) is 0 Å². The van der Waals surface area contributed by atoms with Crippen molar-refractivity contribution in [2.45, 2.75) is 51.2 Å². The average Bonchev–Trinajstić information content (AvgIpc) is 2.36. The molecule has 1 aromatic carbocycles. The molecular weight excluding hydrogens is 348 g/mol. The molecule has 0 fully saturated rings. The summed E-state index contributed by atoms with van der Waals surface area (Å²) in [6.07, 6.45) is 0. The number of methoxy groups -OCH3 is 2. The fraction of sp³-hybridized carbons (Fsp3) is 0.625. The number of benzene rings is 1. The molecule has 0 heterocycles. The van der Waals surface area contributed by atoms with Crippen molar-refractivity contribution in [2.24, 2.45) is 0 Å². The number of hydrogen-bond acceptors (Lipinski definition) is 3. The van der Waals surface area contributed by atoms with Crippen LogP contribution in [-0.4, -0.2) is 22.5 Å². The Morgan fingerprint density at radius 2 is 1.62 bits per heavy atom. The lowest BCUT2D eigenvalue weighted by Gasteiger charge is -2.37. The van der Waals surface area contributed by atoms with E-state index in [9.17, 15) is 0 Å². The van der Waals surface area contributed by atoms with Crippen molar-refractivity contribution in [2.75, 3.05) is 14.2 Å². The molecule has 120 valence electrons. The highest BCUT2D eigenvalue weighted by atomic mass is 79.9. The molecule has 0 atom stereocenters. The number of hydrogen-bond donors (Lipinski definition) is 0. The van der Waals surface area contributed by atoms with E-state index in [1.165, 1.54) is 0 Å². The van der Waals surface area contributed by atoms with Crippen molar-refractivity contribution < 1.29 is 13.9 Å². The Morgan fingerprint density at radius 3 is 2.00 bits per heavy atom. The smallest absolute Gasteiger partial charge is 0.250 e. The molecule has 0 saturated carbocycles. The van der Waals surface area contributed by atoms with Crippen LogP contribution in [0.3, 0.4) is 0 Å². The van der Waals surface area contributed by atoms with Gasteiger partial charge in [-0.3, -0.25) is 0 Å². The summed E-state index contributed by atoms with van der Waals surface area (Å²) < 4.78 is 17.5. The Balaban J connectivity index is 3.40. The molecule has 1 aromatic rings. The molecule has 0 aliphatic heterocycles. The van der Waals surface area contributed by atoms with Crippen LogP contribution in [-0.2, 0) is 5.33 Å². The summed E-state index contributed by atoms with van der Waals surface area (Å²) in [4.78, 5) is 0. The summed E-state index contributed by atoms with van der Waals surface area (Å²) in [7, 11) is 1.44. The molecule has 5 heteroatoms. The highest BCUT2D eigenvalue weighted by Crippen LogP contribution is 2.44. The van der Waals surface area contributed by atoms with Crippen LogP contribution in [0.4, 0.5) is 0 Å². The van der Waals surface area contributed by atoms with E-state index in [-0.39, 0.29) is 5.04 Å². The number of halogens is 1. The number of ether oxygens (including phenoxy) is 2. The molecule has 0 aliphatic carbocycles. The van der Waals surface area contributed by atoms with Crippen LogP contribution in [0, 0.1) is 6.92 Å². The van der Waals surface area contributed by atoms with Gasteiger partial charge < -0.3 is 13.9 Å². The SMILES string of the molecule is COc1c(CBr)cc(O[Si](C)(C)C(C)(C)C)c(OC)c1C. The lowest BCUT2D eigenvalue weighted by Crippen LogP contribution is -2.44. The Hall–Kier alpha value is -0.683. The van der Waals surface area contributed by atoms with Crippen LogP contribution in [0.25, 0.3) is 0 Å². The summed E-state index contributed by atoms with van der Waals surface area (Å²) in [6, 6.07) is 2.03. The Labute approximate surface area is 138 Å². The van der Waals surface area contributed by atoms with E-state index < -0.39 is 8.32 Å². The third-order valence-electron chi connectivity index (χ3n) is 4.23. The summed E-state index contributed by atoms with van der Waals surface area (Å²) in [5.74, 6) is 2.43. The van der Waals surface area contributed by atoms with Crippen molar-refractivity contribution in [3.63, 3.8) is 0 Å². The first-order chi connectivity index (χ1) is 9.59. The summed E-state index contributed by atoms with van der Waals surface area (Å²) >= 11 is 3.52. The fourth-order valence-corrected chi connectivity index (χ4v) is 3.38. The average molecular weight is 375 g/mol. The van der Waals surface area contributed by atoms with Crippen LogP contribution >= 0.6 is 15.9 Å². The van der Waals surface area contributed by atoms with Gasteiger partial charge in [0.1, 0.15) is 11.5 Å². The maximum absolute atomic E-state index is 6.45. The quantitative estimate of drug-likeness (QED) is 0.517. The highest BCUT2D eigenvalue weighted by Gasteiger charge is 2.40. The molecule has 0 N–H and O–H groups in total. The molecule has 3 nitrogen and oxygen atoms in total. The topological polar surface area (TPSA) is 27.7 Å². The second-order valence-electron chi connectivity index (χ2n) is 6.72. The molecule has 0 spiro atoms. The van der Waals surface area contributed by atoms with E-state index in [1.807, 2.05) is 13.0 Å². The lowest BCUT2D eigenvalue weighted by molar-refractivity contribution is 0.368. The van der Waals surface area contributed by atoms with Gasteiger partial charge in [0.25, 0.3) is 8.32 Å². The van der Waals surface area contributed by atoms with E-state index in [1.54, 1.807) is 14.2 Å². The van der Waals surface area contributed by atoms with Gasteiger partial charge in [0.2, 0.25) is 0 Å². The van der Waals surface area contributed by atoms with E-state index in [0.29, 0.717) is 0 Å². The fourth-order valence-electron chi connectivity index (χ4n) is 1.96. The lowest BCUT2D eigenvalue weighted by atomic mass is 10.1.